The van der Waals surface area contributed by atoms with E-state index < -0.39 is 10.8 Å². The summed E-state index contributed by atoms with van der Waals surface area (Å²) in [5.41, 5.74) is 5.68. The third-order valence-electron chi connectivity index (χ3n) is 2.66. The lowest BCUT2D eigenvalue weighted by molar-refractivity contribution is 0.679. The number of nitrogens with one attached hydrogen (secondary N) is 1. The molecule has 0 aliphatic rings. The Labute approximate surface area is 112 Å². The summed E-state index contributed by atoms with van der Waals surface area (Å²) < 4.78 is 11.3. The van der Waals surface area contributed by atoms with Gasteiger partial charge in [-0.1, -0.05) is 0 Å². The average Bonchev–Trinajstić information content (AvgIpc) is 2.65. The Morgan fingerprint density at radius 1 is 1.56 bits per heavy atom. The molecule has 0 saturated heterocycles. The van der Waals surface area contributed by atoms with E-state index in [1.54, 1.807) is 17.6 Å². The lowest BCUT2D eigenvalue weighted by Crippen LogP contribution is -2.21. The van der Waals surface area contributed by atoms with Crippen LogP contribution in [0.3, 0.4) is 0 Å². The van der Waals surface area contributed by atoms with Crippen molar-refractivity contribution in [1.82, 2.24) is 9.97 Å². The molecule has 18 heavy (non-hydrogen) atoms. The van der Waals surface area contributed by atoms with Gasteiger partial charge in [0.15, 0.2) is 0 Å². The van der Waals surface area contributed by atoms with E-state index in [0.717, 1.165) is 16.0 Å². The third kappa shape index (κ3) is 2.78. The highest BCUT2D eigenvalue weighted by Gasteiger charge is 2.11. The van der Waals surface area contributed by atoms with Crippen LogP contribution in [0.15, 0.2) is 6.07 Å². The average molecular weight is 284 g/mol. The Bertz CT molecular complexity index is 596. The number of nitrogens with zero attached hydrogens (tertiary/aromatic N) is 2. The van der Waals surface area contributed by atoms with Crippen LogP contribution in [0.25, 0.3) is 10.2 Å². The summed E-state index contributed by atoms with van der Waals surface area (Å²) in [6, 6.07) is 2.04. The van der Waals surface area contributed by atoms with Crippen molar-refractivity contribution in [3.8, 4) is 0 Å². The molecular formula is C11H16N4OS2. The summed E-state index contributed by atoms with van der Waals surface area (Å²) >= 11 is 1.59. The van der Waals surface area contributed by atoms with Crippen molar-refractivity contribution >= 4 is 44.1 Å². The SMILES string of the molecule is Cc1cc2c(NCC(C)S(C)=O)nc(N)nc2s1. The second kappa shape index (κ2) is 5.19. The second-order valence-corrected chi connectivity index (χ2v) is 7.23. The molecule has 5 nitrogen and oxygen atoms in total. The van der Waals surface area contributed by atoms with Crippen molar-refractivity contribution in [2.24, 2.45) is 0 Å². The number of aromatic nitrogens is 2. The molecule has 0 radical (unpaired) electrons. The minimum atomic E-state index is -0.852. The molecule has 2 aromatic rings. The van der Waals surface area contributed by atoms with Gasteiger partial charge in [0.1, 0.15) is 10.6 Å². The zero-order valence-corrected chi connectivity index (χ0v) is 12.2. The lowest BCUT2D eigenvalue weighted by Gasteiger charge is -2.11. The Hall–Kier alpha value is -1.21. The van der Waals surface area contributed by atoms with E-state index in [4.69, 9.17) is 5.73 Å². The quantitative estimate of drug-likeness (QED) is 0.894. The molecule has 2 atom stereocenters. The molecule has 2 aromatic heterocycles. The van der Waals surface area contributed by atoms with Crippen molar-refractivity contribution in [1.29, 1.82) is 0 Å². The van der Waals surface area contributed by atoms with Crippen LogP contribution in [-0.2, 0) is 10.8 Å². The highest BCUT2D eigenvalue weighted by Crippen LogP contribution is 2.28. The Morgan fingerprint density at radius 3 is 2.94 bits per heavy atom. The maximum absolute atomic E-state index is 11.3. The fourth-order valence-corrected chi connectivity index (χ4v) is 2.76. The molecule has 0 aliphatic carbocycles. The van der Waals surface area contributed by atoms with Crippen LogP contribution < -0.4 is 11.1 Å². The highest BCUT2D eigenvalue weighted by atomic mass is 32.2. The molecule has 7 heteroatoms. The van der Waals surface area contributed by atoms with E-state index >= 15 is 0 Å². The normalized spacial score (nSPS) is 14.6. The van der Waals surface area contributed by atoms with E-state index in [2.05, 4.69) is 15.3 Å². The van der Waals surface area contributed by atoms with Crippen LogP contribution in [0, 0.1) is 6.92 Å². The predicted molar refractivity (Wildman–Crippen MR) is 78.6 cm³/mol. The van der Waals surface area contributed by atoms with E-state index in [0.29, 0.717) is 6.54 Å². The molecular weight excluding hydrogens is 268 g/mol. The molecule has 0 aromatic carbocycles. The lowest BCUT2D eigenvalue weighted by atomic mass is 10.3. The van der Waals surface area contributed by atoms with Gasteiger partial charge in [-0.05, 0) is 19.9 Å². The van der Waals surface area contributed by atoms with Crippen LogP contribution in [0.5, 0.6) is 0 Å². The van der Waals surface area contributed by atoms with E-state index in [1.165, 1.54) is 4.88 Å². The fraction of sp³-hybridized carbons (Fsp3) is 0.455. The molecule has 0 amide bonds. The first-order valence-corrected chi connectivity index (χ1v) is 8.01. The second-order valence-electron chi connectivity index (χ2n) is 4.20. The largest absolute Gasteiger partial charge is 0.368 e. The topological polar surface area (TPSA) is 80.9 Å². The molecule has 0 bridgehead atoms. The summed E-state index contributed by atoms with van der Waals surface area (Å²) in [4.78, 5) is 10.5. The number of fused-ring (bicyclic) bond motifs is 1. The standard InChI is InChI=1S/C11H16N4OS2/c1-6-4-8-9(13-5-7(2)18(3)16)14-11(12)15-10(8)17-6/h4,7H,5H2,1-3H3,(H3,12,13,14,15). The van der Waals surface area contributed by atoms with Crippen LogP contribution in [0.4, 0.5) is 11.8 Å². The first kappa shape index (κ1) is 13.2. The van der Waals surface area contributed by atoms with Crippen molar-refractivity contribution in [2.45, 2.75) is 19.1 Å². The van der Waals surface area contributed by atoms with Crippen molar-refractivity contribution in [3.63, 3.8) is 0 Å². The van der Waals surface area contributed by atoms with E-state index in [9.17, 15) is 4.21 Å². The first-order valence-electron chi connectivity index (χ1n) is 5.57. The van der Waals surface area contributed by atoms with Gasteiger partial charge in [-0.25, -0.2) is 4.98 Å². The van der Waals surface area contributed by atoms with Crippen LogP contribution in [0.2, 0.25) is 0 Å². The van der Waals surface area contributed by atoms with Crippen molar-refractivity contribution < 1.29 is 4.21 Å². The number of aryl methyl sites for hydroxylation is 1. The monoisotopic (exact) mass is 284 g/mol. The number of nitrogen functional groups attached to an aromatic ring is 1. The fourth-order valence-electron chi connectivity index (χ4n) is 1.55. The Balaban J connectivity index is 2.29. The molecule has 0 fully saturated rings. The van der Waals surface area contributed by atoms with Gasteiger partial charge >= 0.3 is 0 Å². The van der Waals surface area contributed by atoms with E-state index in [-0.39, 0.29) is 11.2 Å². The van der Waals surface area contributed by atoms with Crippen molar-refractivity contribution in [3.05, 3.63) is 10.9 Å². The Morgan fingerprint density at radius 2 is 2.28 bits per heavy atom. The molecule has 0 saturated carbocycles. The van der Waals surface area contributed by atoms with Gasteiger partial charge in [-0.2, -0.15) is 4.98 Å². The summed E-state index contributed by atoms with van der Waals surface area (Å²) in [6.45, 7) is 4.56. The summed E-state index contributed by atoms with van der Waals surface area (Å²) in [5, 5.41) is 4.24. The molecule has 0 aliphatic heterocycles. The van der Waals surface area contributed by atoms with Gasteiger partial charge in [0, 0.05) is 33.7 Å². The van der Waals surface area contributed by atoms with Crippen molar-refractivity contribution in [2.75, 3.05) is 23.9 Å². The molecule has 0 spiro atoms. The van der Waals surface area contributed by atoms with Gasteiger partial charge < -0.3 is 11.1 Å². The highest BCUT2D eigenvalue weighted by molar-refractivity contribution is 7.84. The van der Waals surface area contributed by atoms with Gasteiger partial charge in [0.2, 0.25) is 5.95 Å². The molecule has 2 unspecified atom stereocenters. The molecule has 2 heterocycles. The summed E-state index contributed by atoms with van der Waals surface area (Å²) in [7, 11) is -0.852. The third-order valence-corrected chi connectivity index (χ3v) is 4.90. The summed E-state index contributed by atoms with van der Waals surface area (Å²) in [5.74, 6) is 0.983. The van der Waals surface area contributed by atoms with Gasteiger partial charge in [0.25, 0.3) is 0 Å². The van der Waals surface area contributed by atoms with Gasteiger partial charge in [-0.3, -0.25) is 4.21 Å². The number of hydrogen-bond donors (Lipinski definition) is 2. The zero-order valence-electron chi connectivity index (χ0n) is 10.6. The summed E-state index contributed by atoms with van der Waals surface area (Å²) in [6.07, 6.45) is 1.70. The van der Waals surface area contributed by atoms with Gasteiger partial charge in [0.05, 0.1) is 5.39 Å². The van der Waals surface area contributed by atoms with Crippen LogP contribution in [-0.4, -0.2) is 32.2 Å². The number of hydrogen-bond acceptors (Lipinski definition) is 6. The molecule has 3 N–H and O–H groups in total. The molecule has 2 rings (SSSR count). The first-order chi connectivity index (χ1) is 8.47. The Kier molecular flexibility index (Phi) is 3.82. The zero-order chi connectivity index (χ0) is 13.3. The number of rotatable bonds is 4. The number of anilines is 2. The maximum Gasteiger partial charge on any atom is 0.223 e. The number of thiophene rings is 1. The predicted octanol–water partition coefficient (Wildman–Crippen LogP) is 1.76. The minimum Gasteiger partial charge on any atom is -0.368 e. The smallest absolute Gasteiger partial charge is 0.223 e. The van der Waals surface area contributed by atoms with E-state index in [1.807, 2.05) is 19.9 Å². The number of nitrogens with two attached hydrogens (primary N) is 1. The minimum absolute atomic E-state index is 0.0657. The van der Waals surface area contributed by atoms with Gasteiger partial charge in [-0.15, -0.1) is 11.3 Å². The van der Waals surface area contributed by atoms with Crippen LogP contribution >= 0.6 is 11.3 Å². The molecule has 98 valence electrons. The maximum atomic E-state index is 11.3. The van der Waals surface area contributed by atoms with Crippen LogP contribution in [0.1, 0.15) is 11.8 Å².